The molecular formula is C11H12ClFN4. The minimum Gasteiger partial charge on any atom is -0.324 e. The van der Waals surface area contributed by atoms with E-state index >= 15 is 0 Å². The maximum atomic E-state index is 13.6. The maximum absolute atomic E-state index is 13.6. The van der Waals surface area contributed by atoms with E-state index in [2.05, 4.69) is 10.3 Å². The SMILES string of the molecule is Cn1cc(CC(N)c2ccc(Cl)cc2F)nn1. The zero-order valence-electron chi connectivity index (χ0n) is 9.27. The summed E-state index contributed by atoms with van der Waals surface area (Å²) in [6.07, 6.45) is 2.19. The molecule has 17 heavy (non-hydrogen) atoms. The van der Waals surface area contributed by atoms with E-state index in [1.807, 2.05) is 0 Å². The summed E-state index contributed by atoms with van der Waals surface area (Å²) in [4.78, 5) is 0. The molecule has 0 saturated carbocycles. The first-order chi connectivity index (χ1) is 8.06. The lowest BCUT2D eigenvalue weighted by atomic mass is 10.0. The van der Waals surface area contributed by atoms with Gasteiger partial charge in [0.05, 0.1) is 5.69 Å². The quantitative estimate of drug-likeness (QED) is 0.910. The molecule has 0 aliphatic heterocycles. The van der Waals surface area contributed by atoms with Gasteiger partial charge in [0, 0.05) is 36.3 Å². The van der Waals surface area contributed by atoms with Crippen molar-refractivity contribution >= 4 is 11.6 Å². The van der Waals surface area contributed by atoms with E-state index in [9.17, 15) is 4.39 Å². The Labute approximate surface area is 103 Å². The van der Waals surface area contributed by atoms with Crippen LogP contribution in [0, 0.1) is 5.82 Å². The summed E-state index contributed by atoms with van der Waals surface area (Å²) < 4.78 is 15.2. The average Bonchev–Trinajstić information content (AvgIpc) is 2.63. The van der Waals surface area contributed by atoms with Crippen molar-refractivity contribution in [2.75, 3.05) is 0 Å². The highest BCUT2D eigenvalue weighted by Crippen LogP contribution is 2.21. The molecule has 0 radical (unpaired) electrons. The molecule has 90 valence electrons. The fraction of sp³-hybridized carbons (Fsp3) is 0.273. The summed E-state index contributed by atoms with van der Waals surface area (Å²) in [5.41, 5.74) is 7.09. The fourth-order valence-electron chi connectivity index (χ4n) is 1.63. The lowest BCUT2D eigenvalue weighted by Gasteiger charge is -2.11. The van der Waals surface area contributed by atoms with E-state index in [1.54, 1.807) is 30.1 Å². The van der Waals surface area contributed by atoms with Gasteiger partial charge in [-0.05, 0) is 12.1 Å². The second kappa shape index (κ2) is 4.81. The van der Waals surface area contributed by atoms with Crippen LogP contribution in [0.15, 0.2) is 24.4 Å². The number of aryl methyl sites for hydroxylation is 1. The molecule has 1 unspecified atom stereocenters. The number of benzene rings is 1. The molecule has 1 aromatic heterocycles. The topological polar surface area (TPSA) is 56.7 Å². The van der Waals surface area contributed by atoms with E-state index in [0.717, 1.165) is 5.69 Å². The average molecular weight is 255 g/mol. The molecule has 0 fully saturated rings. The Morgan fingerprint density at radius 3 is 2.88 bits per heavy atom. The Morgan fingerprint density at radius 2 is 2.29 bits per heavy atom. The number of nitrogens with two attached hydrogens (primary N) is 1. The van der Waals surface area contributed by atoms with Gasteiger partial charge < -0.3 is 5.73 Å². The van der Waals surface area contributed by atoms with Gasteiger partial charge in [-0.2, -0.15) is 0 Å². The van der Waals surface area contributed by atoms with Crippen molar-refractivity contribution in [1.29, 1.82) is 0 Å². The van der Waals surface area contributed by atoms with Crippen molar-refractivity contribution in [3.63, 3.8) is 0 Å². The molecule has 2 rings (SSSR count). The Bertz CT molecular complexity index is 526. The Kier molecular flexibility index (Phi) is 3.40. The highest BCUT2D eigenvalue weighted by atomic mass is 35.5. The van der Waals surface area contributed by atoms with Gasteiger partial charge in [-0.1, -0.05) is 22.9 Å². The Hall–Kier alpha value is -1.46. The minimum absolute atomic E-state index is 0.359. The lowest BCUT2D eigenvalue weighted by molar-refractivity contribution is 0.578. The summed E-state index contributed by atoms with van der Waals surface area (Å²) >= 11 is 5.68. The van der Waals surface area contributed by atoms with Crippen LogP contribution < -0.4 is 5.73 Å². The van der Waals surface area contributed by atoms with Crippen LogP contribution in [0.1, 0.15) is 17.3 Å². The normalized spacial score (nSPS) is 12.7. The van der Waals surface area contributed by atoms with Crippen LogP contribution in [0.3, 0.4) is 0 Å². The summed E-state index contributed by atoms with van der Waals surface area (Å²) in [5.74, 6) is -0.395. The van der Waals surface area contributed by atoms with Crippen LogP contribution >= 0.6 is 11.6 Å². The van der Waals surface area contributed by atoms with Crippen molar-refractivity contribution in [3.05, 3.63) is 46.5 Å². The maximum Gasteiger partial charge on any atom is 0.129 e. The van der Waals surface area contributed by atoms with Gasteiger partial charge in [-0.3, -0.25) is 4.68 Å². The third kappa shape index (κ3) is 2.81. The van der Waals surface area contributed by atoms with Crippen LogP contribution in [0.25, 0.3) is 0 Å². The molecule has 1 atom stereocenters. The van der Waals surface area contributed by atoms with E-state index in [1.165, 1.54) is 6.07 Å². The number of hydrogen-bond donors (Lipinski definition) is 1. The van der Waals surface area contributed by atoms with E-state index in [4.69, 9.17) is 17.3 Å². The second-order valence-corrected chi connectivity index (χ2v) is 4.30. The highest BCUT2D eigenvalue weighted by Gasteiger charge is 2.14. The van der Waals surface area contributed by atoms with Crippen molar-refractivity contribution in [1.82, 2.24) is 15.0 Å². The van der Waals surface area contributed by atoms with Gasteiger partial charge in [0.25, 0.3) is 0 Å². The van der Waals surface area contributed by atoms with Crippen LogP contribution in [0.5, 0.6) is 0 Å². The van der Waals surface area contributed by atoms with Crippen LogP contribution in [0.4, 0.5) is 4.39 Å². The highest BCUT2D eigenvalue weighted by molar-refractivity contribution is 6.30. The molecule has 0 amide bonds. The molecular weight excluding hydrogens is 243 g/mol. The van der Waals surface area contributed by atoms with Crippen molar-refractivity contribution in [2.45, 2.75) is 12.5 Å². The summed E-state index contributed by atoms with van der Waals surface area (Å²) in [5, 5.41) is 8.07. The van der Waals surface area contributed by atoms with Crippen molar-refractivity contribution < 1.29 is 4.39 Å². The standard InChI is InChI=1S/C11H12ClFN4/c1-17-6-8(15-16-17)5-11(14)9-3-2-7(12)4-10(9)13/h2-4,6,11H,5,14H2,1H3. The first-order valence-corrected chi connectivity index (χ1v) is 5.50. The molecule has 0 aliphatic rings. The zero-order valence-corrected chi connectivity index (χ0v) is 10.0. The summed E-state index contributed by atoms with van der Waals surface area (Å²) in [7, 11) is 1.77. The molecule has 4 nitrogen and oxygen atoms in total. The van der Waals surface area contributed by atoms with E-state index in [-0.39, 0.29) is 0 Å². The first kappa shape index (κ1) is 12.0. The third-order valence-electron chi connectivity index (χ3n) is 2.44. The second-order valence-electron chi connectivity index (χ2n) is 3.86. The molecule has 2 aromatic rings. The number of nitrogens with zero attached hydrogens (tertiary/aromatic N) is 3. The summed E-state index contributed by atoms with van der Waals surface area (Å²) in [6, 6.07) is 4.02. The van der Waals surface area contributed by atoms with Gasteiger partial charge in [0.1, 0.15) is 5.82 Å². The molecule has 1 aromatic carbocycles. The van der Waals surface area contributed by atoms with Gasteiger partial charge in [-0.25, -0.2) is 4.39 Å². The van der Waals surface area contributed by atoms with Crippen LogP contribution in [0.2, 0.25) is 5.02 Å². The first-order valence-electron chi connectivity index (χ1n) is 5.12. The fourth-order valence-corrected chi connectivity index (χ4v) is 1.79. The molecule has 0 saturated heterocycles. The predicted octanol–water partition coefficient (Wildman–Crippen LogP) is 1.85. The van der Waals surface area contributed by atoms with Gasteiger partial charge in [0.2, 0.25) is 0 Å². The Balaban J connectivity index is 2.17. The van der Waals surface area contributed by atoms with Gasteiger partial charge in [-0.15, -0.1) is 5.10 Å². The van der Waals surface area contributed by atoms with Gasteiger partial charge in [0.15, 0.2) is 0 Å². The van der Waals surface area contributed by atoms with E-state index < -0.39 is 11.9 Å². The number of aromatic nitrogens is 3. The number of hydrogen-bond acceptors (Lipinski definition) is 3. The van der Waals surface area contributed by atoms with Crippen molar-refractivity contribution in [3.8, 4) is 0 Å². The number of halogens is 2. The minimum atomic E-state index is -0.455. The molecule has 2 N–H and O–H groups in total. The molecule has 6 heteroatoms. The lowest BCUT2D eigenvalue weighted by Crippen LogP contribution is -2.15. The van der Waals surface area contributed by atoms with Crippen LogP contribution in [-0.2, 0) is 13.5 Å². The van der Waals surface area contributed by atoms with Crippen LogP contribution in [-0.4, -0.2) is 15.0 Å². The Morgan fingerprint density at radius 1 is 1.53 bits per heavy atom. The monoisotopic (exact) mass is 254 g/mol. The third-order valence-corrected chi connectivity index (χ3v) is 2.68. The smallest absolute Gasteiger partial charge is 0.129 e. The zero-order chi connectivity index (χ0) is 12.4. The van der Waals surface area contributed by atoms with E-state index in [0.29, 0.717) is 17.0 Å². The summed E-state index contributed by atoms with van der Waals surface area (Å²) in [6.45, 7) is 0. The molecule has 0 spiro atoms. The molecule has 1 heterocycles. The molecule has 0 aliphatic carbocycles. The molecule has 0 bridgehead atoms. The number of rotatable bonds is 3. The largest absolute Gasteiger partial charge is 0.324 e. The van der Waals surface area contributed by atoms with Gasteiger partial charge >= 0.3 is 0 Å². The van der Waals surface area contributed by atoms with Crippen molar-refractivity contribution in [2.24, 2.45) is 12.8 Å². The predicted molar refractivity (Wildman–Crippen MR) is 63.0 cm³/mol.